The number of carbonyl (C=O) groups is 1. The van der Waals surface area contributed by atoms with Gasteiger partial charge in [0, 0.05) is 28.4 Å². The second-order valence-corrected chi connectivity index (χ2v) is 4.93. The predicted molar refractivity (Wildman–Crippen MR) is 88.4 cm³/mol. The lowest BCUT2D eigenvalue weighted by Gasteiger charge is -2.10. The van der Waals surface area contributed by atoms with Gasteiger partial charge in [0.25, 0.3) is 5.91 Å². The van der Waals surface area contributed by atoms with Gasteiger partial charge in [-0.05, 0) is 42.5 Å². The molecule has 0 aliphatic heterocycles. The molecule has 1 amide bonds. The van der Waals surface area contributed by atoms with Crippen LogP contribution in [0.3, 0.4) is 0 Å². The molecule has 0 atom stereocenters. The fourth-order valence-electron chi connectivity index (χ4n) is 2.11. The number of H-pyrrole nitrogens is 1. The number of thiocarbonyl (C=S) groups is 1. The van der Waals surface area contributed by atoms with Crippen LogP contribution in [0.4, 0.5) is 5.69 Å². The van der Waals surface area contributed by atoms with Gasteiger partial charge in [-0.3, -0.25) is 10.1 Å². The van der Waals surface area contributed by atoms with Crippen LogP contribution in [0.5, 0.6) is 0 Å². The second-order valence-electron chi connectivity index (χ2n) is 4.52. The summed E-state index contributed by atoms with van der Waals surface area (Å²) in [4.78, 5) is 15.1. The number of nitrogens with one attached hydrogen (secondary N) is 3. The third kappa shape index (κ3) is 2.93. The van der Waals surface area contributed by atoms with Gasteiger partial charge in [-0.2, -0.15) is 0 Å². The van der Waals surface area contributed by atoms with E-state index in [1.165, 1.54) is 0 Å². The zero-order valence-electron chi connectivity index (χ0n) is 11.1. The number of amides is 1. The van der Waals surface area contributed by atoms with Crippen LogP contribution in [0.1, 0.15) is 10.4 Å². The third-order valence-corrected chi connectivity index (χ3v) is 3.31. The van der Waals surface area contributed by atoms with Crippen LogP contribution in [-0.2, 0) is 0 Å². The van der Waals surface area contributed by atoms with Crippen molar-refractivity contribution in [1.29, 1.82) is 0 Å². The SMILES string of the molecule is O=C(NC(=S)Nc1cccc2[nH]ccc12)c1ccccc1. The van der Waals surface area contributed by atoms with Crippen LogP contribution in [0.15, 0.2) is 60.8 Å². The monoisotopic (exact) mass is 295 g/mol. The first-order valence-electron chi connectivity index (χ1n) is 6.47. The number of fused-ring (bicyclic) bond motifs is 1. The van der Waals surface area contributed by atoms with Gasteiger partial charge in [-0.15, -0.1) is 0 Å². The van der Waals surface area contributed by atoms with E-state index in [0.29, 0.717) is 5.56 Å². The smallest absolute Gasteiger partial charge is 0.257 e. The van der Waals surface area contributed by atoms with Gasteiger partial charge in [0.15, 0.2) is 5.11 Å². The van der Waals surface area contributed by atoms with Gasteiger partial charge < -0.3 is 10.3 Å². The van der Waals surface area contributed by atoms with Crippen molar-refractivity contribution in [3.05, 3.63) is 66.4 Å². The fraction of sp³-hybridized carbons (Fsp3) is 0. The molecule has 5 heteroatoms. The summed E-state index contributed by atoms with van der Waals surface area (Å²) in [5, 5.41) is 7.02. The summed E-state index contributed by atoms with van der Waals surface area (Å²) >= 11 is 5.20. The Kier molecular flexibility index (Phi) is 3.66. The highest BCUT2D eigenvalue weighted by molar-refractivity contribution is 7.80. The van der Waals surface area contributed by atoms with E-state index in [0.717, 1.165) is 16.6 Å². The Labute approximate surface area is 127 Å². The van der Waals surface area contributed by atoms with E-state index >= 15 is 0 Å². The van der Waals surface area contributed by atoms with Gasteiger partial charge in [-0.1, -0.05) is 24.3 Å². The van der Waals surface area contributed by atoms with E-state index in [9.17, 15) is 4.79 Å². The Bertz CT molecular complexity index is 795. The molecule has 21 heavy (non-hydrogen) atoms. The van der Waals surface area contributed by atoms with Crippen LogP contribution >= 0.6 is 12.2 Å². The van der Waals surface area contributed by atoms with Crippen LogP contribution < -0.4 is 10.6 Å². The molecule has 104 valence electrons. The summed E-state index contributed by atoms with van der Waals surface area (Å²) in [5.74, 6) is -0.227. The summed E-state index contributed by atoms with van der Waals surface area (Å²) in [7, 11) is 0. The number of hydrogen-bond acceptors (Lipinski definition) is 2. The zero-order chi connectivity index (χ0) is 14.7. The number of rotatable bonds is 2. The lowest BCUT2D eigenvalue weighted by molar-refractivity contribution is 0.0978. The molecule has 0 unspecified atom stereocenters. The summed E-state index contributed by atoms with van der Waals surface area (Å²) < 4.78 is 0. The van der Waals surface area contributed by atoms with Crippen molar-refractivity contribution in [3.8, 4) is 0 Å². The number of aromatic nitrogens is 1. The molecule has 0 radical (unpaired) electrons. The molecule has 0 saturated carbocycles. The standard InChI is InChI=1S/C16H13N3OS/c20-15(11-5-2-1-3-6-11)19-16(21)18-14-8-4-7-13-12(14)9-10-17-13/h1-10,17H,(H2,18,19,20,21). The summed E-state index contributed by atoms with van der Waals surface area (Å²) in [5.41, 5.74) is 2.44. The van der Waals surface area contributed by atoms with Crippen LogP contribution in [0, 0.1) is 0 Å². The normalized spacial score (nSPS) is 10.3. The first kappa shape index (κ1) is 13.3. The minimum Gasteiger partial charge on any atom is -0.361 e. The quantitative estimate of drug-likeness (QED) is 0.636. The number of aromatic amines is 1. The van der Waals surface area contributed by atoms with E-state index in [1.54, 1.807) is 12.1 Å². The zero-order valence-corrected chi connectivity index (χ0v) is 11.9. The Morgan fingerprint density at radius 1 is 1.00 bits per heavy atom. The molecule has 3 aromatic rings. The van der Waals surface area contributed by atoms with E-state index in [1.807, 2.05) is 48.7 Å². The molecular formula is C16H13N3OS. The van der Waals surface area contributed by atoms with Crippen molar-refractivity contribution in [2.75, 3.05) is 5.32 Å². The molecule has 0 fully saturated rings. The lowest BCUT2D eigenvalue weighted by atomic mass is 10.2. The van der Waals surface area contributed by atoms with Gasteiger partial charge in [0.1, 0.15) is 0 Å². The number of benzene rings is 2. The van der Waals surface area contributed by atoms with Crippen molar-refractivity contribution in [1.82, 2.24) is 10.3 Å². The number of anilines is 1. The average molecular weight is 295 g/mol. The van der Waals surface area contributed by atoms with Crippen LogP contribution in [0.25, 0.3) is 10.9 Å². The average Bonchev–Trinajstić information content (AvgIpc) is 2.97. The van der Waals surface area contributed by atoms with E-state index < -0.39 is 0 Å². The van der Waals surface area contributed by atoms with E-state index in [2.05, 4.69) is 15.6 Å². The topological polar surface area (TPSA) is 56.9 Å². The van der Waals surface area contributed by atoms with Crippen LogP contribution in [0.2, 0.25) is 0 Å². The number of hydrogen-bond donors (Lipinski definition) is 3. The Morgan fingerprint density at radius 3 is 2.62 bits per heavy atom. The van der Waals surface area contributed by atoms with Gasteiger partial charge in [-0.25, -0.2) is 0 Å². The third-order valence-electron chi connectivity index (χ3n) is 3.11. The van der Waals surface area contributed by atoms with Gasteiger partial charge >= 0.3 is 0 Å². The molecule has 0 aliphatic rings. The van der Waals surface area contributed by atoms with Crippen molar-refractivity contribution in [2.45, 2.75) is 0 Å². The summed E-state index contributed by atoms with van der Waals surface area (Å²) in [6.07, 6.45) is 1.86. The predicted octanol–water partition coefficient (Wildman–Crippen LogP) is 3.29. The minimum atomic E-state index is -0.227. The Balaban J connectivity index is 1.72. The van der Waals surface area contributed by atoms with Crippen LogP contribution in [-0.4, -0.2) is 16.0 Å². The molecule has 0 spiro atoms. The molecule has 2 aromatic carbocycles. The van der Waals surface area contributed by atoms with Crippen molar-refractivity contribution in [2.24, 2.45) is 0 Å². The maximum Gasteiger partial charge on any atom is 0.257 e. The molecule has 0 aliphatic carbocycles. The lowest BCUT2D eigenvalue weighted by Crippen LogP contribution is -2.34. The maximum absolute atomic E-state index is 12.0. The Morgan fingerprint density at radius 2 is 1.81 bits per heavy atom. The molecule has 3 rings (SSSR count). The highest BCUT2D eigenvalue weighted by Gasteiger charge is 2.08. The van der Waals surface area contributed by atoms with Gasteiger partial charge in [0.05, 0.1) is 0 Å². The maximum atomic E-state index is 12.0. The van der Waals surface area contributed by atoms with E-state index in [4.69, 9.17) is 12.2 Å². The van der Waals surface area contributed by atoms with E-state index in [-0.39, 0.29) is 11.0 Å². The number of carbonyl (C=O) groups excluding carboxylic acids is 1. The highest BCUT2D eigenvalue weighted by Crippen LogP contribution is 2.21. The molecule has 3 N–H and O–H groups in total. The fourth-order valence-corrected chi connectivity index (χ4v) is 2.32. The summed E-state index contributed by atoms with van der Waals surface area (Å²) in [6.45, 7) is 0. The largest absolute Gasteiger partial charge is 0.361 e. The molecule has 1 aromatic heterocycles. The Hall–Kier alpha value is -2.66. The van der Waals surface area contributed by atoms with Crippen molar-refractivity contribution in [3.63, 3.8) is 0 Å². The molecule has 4 nitrogen and oxygen atoms in total. The van der Waals surface area contributed by atoms with Gasteiger partial charge in [0.2, 0.25) is 0 Å². The first-order chi connectivity index (χ1) is 10.2. The molecule has 0 saturated heterocycles. The van der Waals surface area contributed by atoms with Crippen molar-refractivity contribution < 1.29 is 4.79 Å². The molecule has 0 bridgehead atoms. The molecule has 1 heterocycles. The highest BCUT2D eigenvalue weighted by atomic mass is 32.1. The molecular weight excluding hydrogens is 282 g/mol. The summed E-state index contributed by atoms with van der Waals surface area (Å²) in [6, 6.07) is 16.7. The van der Waals surface area contributed by atoms with Crippen molar-refractivity contribution >= 4 is 39.8 Å². The minimum absolute atomic E-state index is 0.227. The first-order valence-corrected chi connectivity index (χ1v) is 6.88. The second kappa shape index (κ2) is 5.76.